The minimum atomic E-state index is -0.102. The summed E-state index contributed by atoms with van der Waals surface area (Å²) in [6, 6.07) is 0. The summed E-state index contributed by atoms with van der Waals surface area (Å²) in [7, 11) is 0. The maximum absolute atomic E-state index is 6.06. The largest absolute Gasteiger partial charge is 0.379 e. The van der Waals surface area contributed by atoms with Crippen LogP contribution in [0.3, 0.4) is 0 Å². The van der Waals surface area contributed by atoms with Gasteiger partial charge in [-0.25, -0.2) is 0 Å². The molecule has 3 N–H and O–H groups in total. The molecule has 0 aliphatic carbocycles. The summed E-state index contributed by atoms with van der Waals surface area (Å²) in [6.45, 7) is 7.84. The summed E-state index contributed by atoms with van der Waals surface area (Å²) < 4.78 is 5.25. The average molecular weight is 172 g/mol. The lowest BCUT2D eigenvalue weighted by atomic mass is 10.0. The molecule has 0 aromatic carbocycles. The van der Waals surface area contributed by atoms with E-state index in [1.807, 2.05) is 0 Å². The molecule has 0 bridgehead atoms. The van der Waals surface area contributed by atoms with Crippen LogP contribution in [-0.4, -0.2) is 31.8 Å². The SMILES string of the molecule is CC(C)CNCC1(N)CCOC1. The van der Waals surface area contributed by atoms with E-state index in [4.69, 9.17) is 10.5 Å². The fourth-order valence-corrected chi connectivity index (χ4v) is 1.37. The van der Waals surface area contributed by atoms with Crippen LogP contribution in [-0.2, 0) is 4.74 Å². The second-order valence-corrected chi connectivity index (χ2v) is 4.19. The van der Waals surface area contributed by atoms with Crippen LogP contribution < -0.4 is 11.1 Å². The zero-order valence-electron chi connectivity index (χ0n) is 8.10. The molecule has 72 valence electrons. The number of hydrogen-bond donors (Lipinski definition) is 2. The molecule has 1 aliphatic heterocycles. The van der Waals surface area contributed by atoms with Crippen LogP contribution in [0.25, 0.3) is 0 Å². The maximum atomic E-state index is 6.06. The van der Waals surface area contributed by atoms with Crippen molar-refractivity contribution in [1.82, 2.24) is 5.32 Å². The molecular weight excluding hydrogens is 152 g/mol. The molecule has 0 saturated carbocycles. The highest BCUT2D eigenvalue weighted by Crippen LogP contribution is 2.13. The number of ether oxygens (including phenoxy) is 1. The monoisotopic (exact) mass is 172 g/mol. The lowest BCUT2D eigenvalue weighted by Crippen LogP contribution is -2.49. The second-order valence-electron chi connectivity index (χ2n) is 4.19. The molecule has 1 rings (SSSR count). The summed E-state index contributed by atoms with van der Waals surface area (Å²) >= 11 is 0. The first-order valence-corrected chi connectivity index (χ1v) is 4.70. The predicted octanol–water partition coefficient (Wildman–Crippen LogP) is 0.350. The van der Waals surface area contributed by atoms with Crippen molar-refractivity contribution >= 4 is 0 Å². The summed E-state index contributed by atoms with van der Waals surface area (Å²) in [6.07, 6.45) is 0.984. The van der Waals surface area contributed by atoms with Gasteiger partial charge < -0.3 is 15.8 Å². The first-order chi connectivity index (χ1) is 5.62. The van der Waals surface area contributed by atoms with Crippen LogP contribution in [0.5, 0.6) is 0 Å². The maximum Gasteiger partial charge on any atom is 0.0659 e. The summed E-state index contributed by atoms with van der Waals surface area (Å²) in [5.74, 6) is 0.691. The van der Waals surface area contributed by atoms with Crippen molar-refractivity contribution in [3.05, 3.63) is 0 Å². The number of hydrogen-bond acceptors (Lipinski definition) is 3. The first kappa shape index (κ1) is 9.96. The zero-order valence-corrected chi connectivity index (χ0v) is 8.10. The third-order valence-corrected chi connectivity index (χ3v) is 2.16. The van der Waals surface area contributed by atoms with Crippen LogP contribution in [0, 0.1) is 5.92 Å². The Hall–Kier alpha value is -0.120. The molecule has 1 heterocycles. The van der Waals surface area contributed by atoms with E-state index in [2.05, 4.69) is 19.2 Å². The van der Waals surface area contributed by atoms with Gasteiger partial charge in [0.05, 0.1) is 12.1 Å². The minimum absolute atomic E-state index is 0.102. The van der Waals surface area contributed by atoms with Crippen molar-refractivity contribution in [1.29, 1.82) is 0 Å². The summed E-state index contributed by atoms with van der Waals surface area (Å²) in [5.41, 5.74) is 5.96. The van der Waals surface area contributed by atoms with Crippen molar-refractivity contribution in [2.24, 2.45) is 11.7 Å². The van der Waals surface area contributed by atoms with Gasteiger partial charge in [0.2, 0.25) is 0 Å². The lowest BCUT2D eigenvalue weighted by molar-refractivity contribution is 0.177. The normalized spacial score (nSPS) is 30.0. The van der Waals surface area contributed by atoms with Gasteiger partial charge in [-0.3, -0.25) is 0 Å². The Balaban J connectivity index is 2.13. The van der Waals surface area contributed by atoms with E-state index in [0.717, 1.165) is 26.1 Å². The molecular formula is C9H20N2O. The Morgan fingerprint density at radius 2 is 2.33 bits per heavy atom. The molecule has 1 fully saturated rings. The number of nitrogens with two attached hydrogens (primary N) is 1. The fourth-order valence-electron chi connectivity index (χ4n) is 1.37. The Labute approximate surface area is 74.7 Å². The van der Waals surface area contributed by atoms with Gasteiger partial charge in [-0.15, -0.1) is 0 Å². The second kappa shape index (κ2) is 4.21. The standard InChI is InChI=1S/C9H20N2O/c1-8(2)5-11-6-9(10)3-4-12-7-9/h8,11H,3-7,10H2,1-2H3. The van der Waals surface area contributed by atoms with Crippen LogP contribution >= 0.6 is 0 Å². The zero-order chi connectivity index (χ0) is 9.03. The average Bonchev–Trinajstić information content (AvgIpc) is 2.35. The van der Waals surface area contributed by atoms with Crippen LogP contribution in [0.4, 0.5) is 0 Å². The molecule has 3 nitrogen and oxygen atoms in total. The highest BCUT2D eigenvalue weighted by Gasteiger charge is 2.29. The van der Waals surface area contributed by atoms with Gasteiger partial charge in [-0.2, -0.15) is 0 Å². The van der Waals surface area contributed by atoms with E-state index in [1.54, 1.807) is 0 Å². The molecule has 0 amide bonds. The highest BCUT2D eigenvalue weighted by molar-refractivity contribution is 4.89. The third-order valence-electron chi connectivity index (χ3n) is 2.16. The van der Waals surface area contributed by atoms with Gasteiger partial charge in [-0.1, -0.05) is 13.8 Å². The van der Waals surface area contributed by atoms with E-state index in [1.165, 1.54) is 0 Å². The summed E-state index contributed by atoms with van der Waals surface area (Å²) in [5, 5.41) is 3.36. The van der Waals surface area contributed by atoms with Crippen molar-refractivity contribution in [2.45, 2.75) is 25.8 Å². The lowest BCUT2D eigenvalue weighted by Gasteiger charge is -2.22. The van der Waals surface area contributed by atoms with Gasteiger partial charge in [0.15, 0.2) is 0 Å². The molecule has 0 aromatic rings. The molecule has 0 radical (unpaired) electrons. The Bertz CT molecular complexity index is 130. The van der Waals surface area contributed by atoms with Crippen LogP contribution in [0.1, 0.15) is 20.3 Å². The van der Waals surface area contributed by atoms with E-state index in [-0.39, 0.29) is 5.54 Å². The Morgan fingerprint density at radius 1 is 1.58 bits per heavy atom. The van der Waals surface area contributed by atoms with Gasteiger partial charge in [0, 0.05) is 13.2 Å². The van der Waals surface area contributed by atoms with Gasteiger partial charge in [-0.05, 0) is 18.9 Å². The number of rotatable bonds is 4. The highest BCUT2D eigenvalue weighted by atomic mass is 16.5. The molecule has 1 unspecified atom stereocenters. The molecule has 0 aromatic heterocycles. The smallest absolute Gasteiger partial charge is 0.0659 e. The first-order valence-electron chi connectivity index (χ1n) is 4.70. The predicted molar refractivity (Wildman–Crippen MR) is 50.1 cm³/mol. The molecule has 1 saturated heterocycles. The molecule has 12 heavy (non-hydrogen) atoms. The topological polar surface area (TPSA) is 47.3 Å². The quantitative estimate of drug-likeness (QED) is 0.643. The van der Waals surface area contributed by atoms with E-state index >= 15 is 0 Å². The van der Waals surface area contributed by atoms with Gasteiger partial charge in [0.1, 0.15) is 0 Å². The minimum Gasteiger partial charge on any atom is -0.379 e. The van der Waals surface area contributed by atoms with E-state index < -0.39 is 0 Å². The molecule has 1 aliphatic rings. The van der Waals surface area contributed by atoms with Gasteiger partial charge in [0.25, 0.3) is 0 Å². The van der Waals surface area contributed by atoms with Crippen LogP contribution in [0.15, 0.2) is 0 Å². The van der Waals surface area contributed by atoms with Gasteiger partial charge >= 0.3 is 0 Å². The van der Waals surface area contributed by atoms with Crippen molar-refractivity contribution in [2.75, 3.05) is 26.3 Å². The van der Waals surface area contributed by atoms with Crippen LogP contribution in [0.2, 0.25) is 0 Å². The fraction of sp³-hybridized carbons (Fsp3) is 1.00. The Kier molecular flexibility index (Phi) is 3.50. The van der Waals surface area contributed by atoms with E-state index in [0.29, 0.717) is 12.5 Å². The Morgan fingerprint density at radius 3 is 2.83 bits per heavy atom. The van der Waals surface area contributed by atoms with Crippen molar-refractivity contribution < 1.29 is 4.74 Å². The number of nitrogens with one attached hydrogen (secondary N) is 1. The molecule has 1 atom stereocenters. The summed E-state index contributed by atoms with van der Waals surface area (Å²) in [4.78, 5) is 0. The van der Waals surface area contributed by atoms with Crippen molar-refractivity contribution in [3.8, 4) is 0 Å². The molecule has 3 heteroatoms. The van der Waals surface area contributed by atoms with Crippen molar-refractivity contribution in [3.63, 3.8) is 0 Å². The third kappa shape index (κ3) is 3.09. The molecule has 0 spiro atoms. The van der Waals surface area contributed by atoms with E-state index in [9.17, 15) is 0 Å².